The summed E-state index contributed by atoms with van der Waals surface area (Å²) in [5.41, 5.74) is 2.56. The molecular formula is C15H25NO. The van der Waals surface area contributed by atoms with Gasteiger partial charge in [0.05, 0.1) is 12.6 Å². The zero-order valence-electron chi connectivity index (χ0n) is 11.5. The molecule has 0 fully saturated rings. The minimum atomic E-state index is 0.131. The van der Waals surface area contributed by atoms with Crippen molar-refractivity contribution in [2.24, 2.45) is 0 Å². The predicted octanol–water partition coefficient (Wildman–Crippen LogP) is 3.19. The fourth-order valence-electron chi connectivity index (χ4n) is 2.20. The summed E-state index contributed by atoms with van der Waals surface area (Å²) in [6.07, 6.45) is 0. The Bertz CT molecular complexity index is 314. The summed E-state index contributed by atoms with van der Waals surface area (Å²) in [6, 6.07) is 8.77. The van der Waals surface area contributed by atoms with Crippen molar-refractivity contribution in [2.45, 2.75) is 39.7 Å². The summed E-state index contributed by atoms with van der Waals surface area (Å²) in [4.78, 5) is 2.28. The largest absolute Gasteiger partial charge is 0.394 e. The molecule has 0 saturated carbocycles. The van der Waals surface area contributed by atoms with Gasteiger partial charge in [-0.25, -0.2) is 0 Å². The fraction of sp³-hybridized carbons (Fsp3) is 0.600. The van der Waals surface area contributed by atoms with Crippen LogP contribution in [-0.2, 0) is 0 Å². The van der Waals surface area contributed by atoms with Gasteiger partial charge in [-0.05, 0) is 30.1 Å². The lowest BCUT2D eigenvalue weighted by Crippen LogP contribution is -2.30. The topological polar surface area (TPSA) is 23.5 Å². The number of rotatable bonds is 6. The number of benzene rings is 1. The van der Waals surface area contributed by atoms with E-state index in [1.54, 1.807) is 0 Å². The molecule has 0 aromatic heterocycles. The quantitative estimate of drug-likeness (QED) is 0.818. The van der Waals surface area contributed by atoms with E-state index in [2.05, 4.69) is 56.9 Å². The first-order valence-corrected chi connectivity index (χ1v) is 6.58. The molecule has 0 aliphatic heterocycles. The summed E-state index contributed by atoms with van der Waals surface area (Å²) < 4.78 is 0. The van der Waals surface area contributed by atoms with Gasteiger partial charge in [0.1, 0.15) is 0 Å². The van der Waals surface area contributed by atoms with Crippen molar-refractivity contribution in [1.82, 2.24) is 4.90 Å². The van der Waals surface area contributed by atoms with Gasteiger partial charge in [0.15, 0.2) is 0 Å². The maximum absolute atomic E-state index is 9.55. The van der Waals surface area contributed by atoms with E-state index in [0.717, 1.165) is 13.1 Å². The molecule has 1 aromatic rings. The van der Waals surface area contributed by atoms with E-state index in [1.165, 1.54) is 11.1 Å². The van der Waals surface area contributed by atoms with Crippen molar-refractivity contribution in [2.75, 3.05) is 19.7 Å². The highest BCUT2D eigenvalue weighted by molar-refractivity contribution is 5.27. The van der Waals surface area contributed by atoms with Crippen LogP contribution >= 0.6 is 0 Å². The van der Waals surface area contributed by atoms with Crippen LogP contribution in [0.2, 0.25) is 0 Å². The van der Waals surface area contributed by atoms with Gasteiger partial charge >= 0.3 is 0 Å². The van der Waals surface area contributed by atoms with Crippen LogP contribution in [-0.4, -0.2) is 29.7 Å². The number of hydrogen-bond donors (Lipinski definition) is 1. The van der Waals surface area contributed by atoms with Crippen molar-refractivity contribution in [3.63, 3.8) is 0 Å². The highest BCUT2D eigenvalue weighted by Gasteiger charge is 2.16. The highest BCUT2D eigenvalue weighted by atomic mass is 16.3. The van der Waals surface area contributed by atoms with Crippen LogP contribution in [0.3, 0.4) is 0 Å². The molecule has 0 spiro atoms. The molecule has 0 amide bonds. The molecule has 1 N–H and O–H groups in total. The van der Waals surface area contributed by atoms with Crippen LogP contribution in [0.15, 0.2) is 24.3 Å². The van der Waals surface area contributed by atoms with Crippen LogP contribution in [0.5, 0.6) is 0 Å². The van der Waals surface area contributed by atoms with Gasteiger partial charge in [-0.15, -0.1) is 0 Å². The van der Waals surface area contributed by atoms with E-state index in [-0.39, 0.29) is 12.6 Å². The minimum absolute atomic E-state index is 0.131. The molecule has 0 aliphatic rings. The number of aliphatic hydroxyl groups is 1. The molecule has 2 heteroatoms. The maximum atomic E-state index is 9.55. The van der Waals surface area contributed by atoms with Gasteiger partial charge in [0.2, 0.25) is 0 Å². The lowest BCUT2D eigenvalue weighted by atomic mass is 9.98. The lowest BCUT2D eigenvalue weighted by molar-refractivity contribution is 0.134. The van der Waals surface area contributed by atoms with Crippen LogP contribution in [0.4, 0.5) is 0 Å². The van der Waals surface area contributed by atoms with Gasteiger partial charge in [-0.1, -0.05) is 52.0 Å². The van der Waals surface area contributed by atoms with Crippen LogP contribution in [0.1, 0.15) is 50.8 Å². The number of likely N-dealkylation sites (N-methyl/N-ethyl adjacent to an activating group) is 1. The van der Waals surface area contributed by atoms with E-state index in [4.69, 9.17) is 0 Å². The molecule has 96 valence electrons. The van der Waals surface area contributed by atoms with Gasteiger partial charge in [-0.3, -0.25) is 4.90 Å². The van der Waals surface area contributed by atoms with Gasteiger partial charge < -0.3 is 5.11 Å². The third kappa shape index (κ3) is 3.55. The summed E-state index contributed by atoms with van der Waals surface area (Å²) in [6.45, 7) is 10.8. The van der Waals surface area contributed by atoms with Crippen molar-refractivity contribution in [3.05, 3.63) is 35.4 Å². The first-order chi connectivity index (χ1) is 8.13. The van der Waals surface area contributed by atoms with Crippen LogP contribution in [0, 0.1) is 0 Å². The average molecular weight is 235 g/mol. The van der Waals surface area contributed by atoms with E-state index < -0.39 is 0 Å². The molecule has 1 atom stereocenters. The maximum Gasteiger partial charge on any atom is 0.0628 e. The Morgan fingerprint density at radius 3 is 1.82 bits per heavy atom. The van der Waals surface area contributed by atoms with E-state index in [1.807, 2.05) is 0 Å². The fourth-order valence-corrected chi connectivity index (χ4v) is 2.20. The average Bonchev–Trinajstić information content (AvgIpc) is 2.36. The first-order valence-electron chi connectivity index (χ1n) is 6.58. The van der Waals surface area contributed by atoms with Crippen LogP contribution < -0.4 is 0 Å². The second-order valence-corrected chi connectivity index (χ2v) is 4.74. The van der Waals surface area contributed by atoms with Gasteiger partial charge in [-0.2, -0.15) is 0 Å². The van der Waals surface area contributed by atoms with Crippen LogP contribution in [0.25, 0.3) is 0 Å². The molecule has 1 aromatic carbocycles. The molecular weight excluding hydrogens is 210 g/mol. The second kappa shape index (κ2) is 6.77. The van der Waals surface area contributed by atoms with E-state index in [9.17, 15) is 5.11 Å². The summed E-state index contributed by atoms with van der Waals surface area (Å²) in [5.74, 6) is 0.560. The molecule has 0 heterocycles. The van der Waals surface area contributed by atoms with Crippen molar-refractivity contribution < 1.29 is 5.11 Å². The Balaban J connectivity index is 2.89. The number of hydrogen-bond acceptors (Lipinski definition) is 2. The Kier molecular flexibility index (Phi) is 5.66. The molecule has 1 rings (SSSR count). The van der Waals surface area contributed by atoms with Gasteiger partial charge in [0, 0.05) is 0 Å². The Morgan fingerprint density at radius 1 is 1.00 bits per heavy atom. The highest BCUT2D eigenvalue weighted by Crippen LogP contribution is 2.22. The predicted molar refractivity (Wildman–Crippen MR) is 73.3 cm³/mol. The molecule has 0 radical (unpaired) electrons. The monoisotopic (exact) mass is 235 g/mol. The number of nitrogens with zero attached hydrogens (tertiary/aromatic N) is 1. The SMILES string of the molecule is CCN(CC)C(CO)c1ccc(C(C)C)cc1. The zero-order chi connectivity index (χ0) is 12.8. The Labute approximate surface area is 105 Å². The van der Waals surface area contributed by atoms with Crippen molar-refractivity contribution in [1.29, 1.82) is 0 Å². The standard InChI is InChI=1S/C15H25NO/c1-5-16(6-2)15(11-17)14-9-7-13(8-10-14)12(3)4/h7-10,12,15,17H,5-6,11H2,1-4H3. The molecule has 1 unspecified atom stereocenters. The molecule has 0 bridgehead atoms. The summed E-state index contributed by atoms with van der Waals surface area (Å²) in [7, 11) is 0. The smallest absolute Gasteiger partial charge is 0.0628 e. The normalized spacial score (nSPS) is 13.4. The van der Waals surface area contributed by atoms with Crippen molar-refractivity contribution in [3.8, 4) is 0 Å². The molecule has 17 heavy (non-hydrogen) atoms. The van der Waals surface area contributed by atoms with E-state index >= 15 is 0 Å². The second-order valence-electron chi connectivity index (χ2n) is 4.74. The molecule has 2 nitrogen and oxygen atoms in total. The van der Waals surface area contributed by atoms with Crippen molar-refractivity contribution >= 4 is 0 Å². The molecule has 0 aliphatic carbocycles. The number of aliphatic hydroxyl groups excluding tert-OH is 1. The van der Waals surface area contributed by atoms with E-state index in [0.29, 0.717) is 5.92 Å². The Hall–Kier alpha value is -0.860. The molecule has 0 saturated heterocycles. The third-order valence-corrected chi connectivity index (χ3v) is 3.41. The van der Waals surface area contributed by atoms with Gasteiger partial charge in [0.25, 0.3) is 0 Å². The minimum Gasteiger partial charge on any atom is -0.394 e. The first kappa shape index (κ1) is 14.2. The lowest BCUT2D eigenvalue weighted by Gasteiger charge is -2.28. The summed E-state index contributed by atoms with van der Waals surface area (Å²) >= 11 is 0. The summed E-state index contributed by atoms with van der Waals surface area (Å²) in [5, 5.41) is 9.55. The third-order valence-electron chi connectivity index (χ3n) is 3.41. The zero-order valence-corrected chi connectivity index (χ0v) is 11.5. The Morgan fingerprint density at radius 2 is 1.47 bits per heavy atom.